The second-order valence-corrected chi connectivity index (χ2v) is 7.84. The highest BCUT2D eigenvalue weighted by atomic mass is 16.2. The molecule has 1 aliphatic rings. The summed E-state index contributed by atoms with van der Waals surface area (Å²) < 4.78 is 0. The molecule has 0 aromatic heterocycles. The summed E-state index contributed by atoms with van der Waals surface area (Å²) in [5, 5.41) is 2.55. The summed E-state index contributed by atoms with van der Waals surface area (Å²) in [6, 6.07) is 0. The Kier molecular flexibility index (Phi) is 14.7. The summed E-state index contributed by atoms with van der Waals surface area (Å²) in [5.74, 6) is -0.160. The summed E-state index contributed by atoms with van der Waals surface area (Å²) in [6.07, 6.45) is 24.0. The van der Waals surface area contributed by atoms with E-state index in [-0.39, 0.29) is 11.8 Å². The van der Waals surface area contributed by atoms with E-state index in [9.17, 15) is 9.59 Å². The smallest absolute Gasteiger partial charge is 0.226 e. The van der Waals surface area contributed by atoms with Gasteiger partial charge < -0.3 is 0 Å². The van der Waals surface area contributed by atoms with Crippen molar-refractivity contribution in [1.29, 1.82) is 0 Å². The van der Waals surface area contributed by atoms with E-state index in [1.54, 1.807) is 0 Å². The monoisotopic (exact) mass is 351 g/mol. The average Bonchev–Trinajstić information content (AvgIpc) is 2.59. The van der Waals surface area contributed by atoms with Crippen molar-refractivity contribution in [2.24, 2.45) is 0 Å². The number of hydrogen-bond donors (Lipinski definition) is 1. The molecule has 146 valence electrons. The van der Waals surface area contributed by atoms with Crippen LogP contribution in [0.15, 0.2) is 0 Å². The number of hydrogen-bond acceptors (Lipinski definition) is 2. The molecular weight excluding hydrogens is 310 g/mol. The maximum atomic E-state index is 11.7. The van der Waals surface area contributed by atoms with E-state index in [1.165, 1.54) is 89.9 Å². The number of amides is 2. The van der Waals surface area contributed by atoms with E-state index in [1.807, 2.05) is 0 Å². The van der Waals surface area contributed by atoms with Crippen molar-refractivity contribution in [3.63, 3.8) is 0 Å². The van der Waals surface area contributed by atoms with Gasteiger partial charge in [-0.1, -0.05) is 103 Å². The van der Waals surface area contributed by atoms with Gasteiger partial charge in [-0.2, -0.15) is 0 Å². The van der Waals surface area contributed by atoms with Crippen molar-refractivity contribution in [2.75, 3.05) is 0 Å². The van der Waals surface area contributed by atoms with Crippen LogP contribution >= 0.6 is 0 Å². The molecule has 1 saturated heterocycles. The molecule has 0 aromatic rings. The molecule has 1 heterocycles. The Morgan fingerprint density at radius 3 is 0.800 bits per heavy atom. The second kappa shape index (κ2) is 16.6. The SMILES string of the molecule is O=C1CCCCCCCCCCCCCCCCCCCCC(=O)N1. The van der Waals surface area contributed by atoms with Gasteiger partial charge >= 0.3 is 0 Å². The molecule has 0 atom stereocenters. The lowest BCUT2D eigenvalue weighted by Crippen LogP contribution is -2.29. The van der Waals surface area contributed by atoms with Gasteiger partial charge in [0.15, 0.2) is 0 Å². The summed E-state index contributed by atoms with van der Waals surface area (Å²) >= 11 is 0. The largest absolute Gasteiger partial charge is 0.296 e. The third-order valence-electron chi connectivity index (χ3n) is 5.34. The highest BCUT2D eigenvalue weighted by molar-refractivity contribution is 5.95. The summed E-state index contributed by atoms with van der Waals surface area (Å²) in [6.45, 7) is 0. The number of rotatable bonds is 0. The lowest BCUT2D eigenvalue weighted by atomic mass is 10.0. The first-order valence-corrected chi connectivity index (χ1v) is 11.1. The molecular formula is C22H41NO2. The van der Waals surface area contributed by atoms with Crippen LogP contribution in [0.5, 0.6) is 0 Å². The van der Waals surface area contributed by atoms with E-state index >= 15 is 0 Å². The third-order valence-corrected chi connectivity index (χ3v) is 5.34. The van der Waals surface area contributed by atoms with E-state index in [0.717, 1.165) is 25.7 Å². The minimum Gasteiger partial charge on any atom is -0.296 e. The lowest BCUT2D eigenvalue weighted by molar-refractivity contribution is -0.130. The molecule has 25 heavy (non-hydrogen) atoms. The molecule has 1 aliphatic heterocycles. The van der Waals surface area contributed by atoms with Gasteiger partial charge in [-0.05, 0) is 12.8 Å². The fraction of sp³-hybridized carbons (Fsp3) is 0.909. The first-order chi connectivity index (χ1) is 12.3. The average molecular weight is 352 g/mol. The van der Waals surface area contributed by atoms with Crippen molar-refractivity contribution in [3.8, 4) is 0 Å². The maximum Gasteiger partial charge on any atom is 0.226 e. The van der Waals surface area contributed by atoms with Crippen molar-refractivity contribution in [2.45, 2.75) is 128 Å². The minimum absolute atomic E-state index is 0.0802. The van der Waals surface area contributed by atoms with Crippen molar-refractivity contribution in [3.05, 3.63) is 0 Å². The number of imide groups is 1. The summed E-state index contributed by atoms with van der Waals surface area (Å²) in [5.41, 5.74) is 0. The molecule has 1 fully saturated rings. The Morgan fingerprint density at radius 2 is 0.560 bits per heavy atom. The molecule has 3 nitrogen and oxygen atoms in total. The predicted molar refractivity (Wildman–Crippen MR) is 105 cm³/mol. The van der Waals surface area contributed by atoms with E-state index in [4.69, 9.17) is 0 Å². The fourth-order valence-electron chi connectivity index (χ4n) is 3.68. The van der Waals surface area contributed by atoms with Gasteiger partial charge in [0.05, 0.1) is 0 Å². The maximum absolute atomic E-state index is 11.7. The Labute approximate surface area is 155 Å². The predicted octanol–water partition coefficient (Wildman–Crippen LogP) is 6.44. The zero-order chi connectivity index (χ0) is 18.0. The second-order valence-electron chi connectivity index (χ2n) is 7.84. The first kappa shape index (κ1) is 22.2. The lowest BCUT2D eigenvalue weighted by Gasteiger charge is -2.05. The number of carbonyl (C=O) groups excluding carboxylic acids is 2. The molecule has 0 unspecified atom stereocenters. The Bertz CT molecular complexity index is 309. The minimum atomic E-state index is -0.0802. The molecule has 2 amide bonds. The van der Waals surface area contributed by atoms with E-state index in [0.29, 0.717) is 12.8 Å². The third kappa shape index (κ3) is 15.1. The van der Waals surface area contributed by atoms with Crippen LogP contribution in [-0.2, 0) is 9.59 Å². The van der Waals surface area contributed by atoms with Gasteiger partial charge in [0.2, 0.25) is 11.8 Å². The molecule has 0 bridgehead atoms. The van der Waals surface area contributed by atoms with Crippen molar-refractivity contribution < 1.29 is 9.59 Å². The molecule has 1 rings (SSSR count). The summed E-state index contributed by atoms with van der Waals surface area (Å²) in [4.78, 5) is 23.5. The number of nitrogens with one attached hydrogen (secondary N) is 1. The van der Waals surface area contributed by atoms with E-state index in [2.05, 4.69) is 5.32 Å². The van der Waals surface area contributed by atoms with Gasteiger partial charge in [-0.25, -0.2) is 0 Å². The fourth-order valence-corrected chi connectivity index (χ4v) is 3.68. The standard InChI is InChI=1S/C22H41NO2/c24-21-19-17-15-13-11-9-7-5-3-1-2-4-6-8-10-12-14-16-18-20-22(25)23-21/h1-20H2,(H,23,24,25). The normalized spacial score (nSPS) is 22.9. The Hall–Kier alpha value is -0.860. The van der Waals surface area contributed by atoms with Gasteiger partial charge in [0, 0.05) is 12.8 Å². The molecule has 0 aliphatic carbocycles. The Balaban J connectivity index is 2.17. The molecule has 0 saturated carbocycles. The quantitative estimate of drug-likeness (QED) is 0.510. The Morgan fingerprint density at radius 1 is 0.360 bits per heavy atom. The van der Waals surface area contributed by atoms with Crippen LogP contribution in [0, 0.1) is 0 Å². The van der Waals surface area contributed by atoms with E-state index < -0.39 is 0 Å². The van der Waals surface area contributed by atoms with Gasteiger partial charge in [0.25, 0.3) is 0 Å². The van der Waals surface area contributed by atoms with Gasteiger partial charge in [0.1, 0.15) is 0 Å². The highest BCUT2D eigenvalue weighted by Gasteiger charge is 2.07. The van der Waals surface area contributed by atoms with Crippen LogP contribution in [0.1, 0.15) is 128 Å². The van der Waals surface area contributed by atoms with Crippen molar-refractivity contribution >= 4 is 11.8 Å². The van der Waals surface area contributed by atoms with Crippen LogP contribution in [0.2, 0.25) is 0 Å². The summed E-state index contributed by atoms with van der Waals surface area (Å²) in [7, 11) is 0. The van der Waals surface area contributed by atoms with Crippen LogP contribution in [0.3, 0.4) is 0 Å². The molecule has 3 heteroatoms. The van der Waals surface area contributed by atoms with Gasteiger partial charge in [-0.3, -0.25) is 14.9 Å². The van der Waals surface area contributed by atoms with Crippen LogP contribution in [0.25, 0.3) is 0 Å². The molecule has 1 N–H and O–H groups in total. The van der Waals surface area contributed by atoms with Gasteiger partial charge in [-0.15, -0.1) is 0 Å². The molecule has 0 aromatic carbocycles. The van der Waals surface area contributed by atoms with Crippen molar-refractivity contribution in [1.82, 2.24) is 5.32 Å². The van der Waals surface area contributed by atoms with Crippen LogP contribution < -0.4 is 5.32 Å². The molecule has 0 radical (unpaired) electrons. The van der Waals surface area contributed by atoms with Crippen LogP contribution in [0.4, 0.5) is 0 Å². The topological polar surface area (TPSA) is 46.2 Å². The zero-order valence-electron chi connectivity index (χ0n) is 16.5. The zero-order valence-corrected chi connectivity index (χ0v) is 16.5. The highest BCUT2D eigenvalue weighted by Crippen LogP contribution is 2.15. The number of carbonyl (C=O) groups is 2. The van der Waals surface area contributed by atoms with Crippen LogP contribution in [-0.4, -0.2) is 11.8 Å². The first-order valence-electron chi connectivity index (χ1n) is 11.1. The molecule has 0 spiro atoms.